The topological polar surface area (TPSA) is 62.7 Å². The number of aryl methyl sites for hydroxylation is 1. The highest BCUT2D eigenvalue weighted by molar-refractivity contribution is 6.24. The van der Waals surface area contributed by atoms with Gasteiger partial charge in [-0.25, -0.2) is 9.69 Å². The van der Waals surface area contributed by atoms with Crippen molar-refractivity contribution < 1.29 is 27.5 Å². The molecule has 6 nitrogen and oxygen atoms in total. The summed E-state index contributed by atoms with van der Waals surface area (Å²) in [5.41, 5.74) is 1.11. The molecular formula is C20H18F3N3O3. The van der Waals surface area contributed by atoms with Crippen LogP contribution >= 0.6 is 0 Å². The standard InChI is InChI=1S/C20H18F3N3O3/c1-2-14-11-13(7-10-24-14)12-25-18(28)26(17(27)19(25)8-9-19)15-3-5-16(6-4-15)29-20(21,22)23/h3-7,10-11H,2,8-9,12H2,1H3. The molecule has 0 atom stereocenters. The van der Waals surface area contributed by atoms with Crippen molar-refractivity contribution in [2.75, 3.05) is 4.90 Å². The fraction of sp³-hybridized carbons (Fsp3) is 0.350. The normalized spacial score (nSPS) is 17.9. The minimum Gasteiger partial charge on any atom is -0.406 e. The molecule has 0 unspecified atom stereocenters. The van der Waals surface area contributed by atoms with E-state index in [-0.39, 0.29) is 18.1 Å². The van der Waals surface area contributed by atoms with E-state index in [0.29, 0.717) is 12.8 Å². The van der Waals surface area contributed by atoms with Gasteiger partial charge in [-0.2, -0.15) is 0 Å². The van der Waals surface area contributed by atoms with Crippen LogP contribution in [0.1, 0.15) is 31.0 Å². The SMILES string of the molecule is CCc1cc(CN2C(=O)N(c3ccc(OC(F)(F)F)cc3)C(=O)C23CC3)ccn1. The minimum absolute atomic E-state index is 0.215. The number of hydrogen-bond donors (Lipinski definition) is 0. The van der Waals surface area contributed by atoms with E-state index >= 15 is 0 Å². The zero-order valence-electron chi connectivity index (χ0n) is 15.6. The van der Waals surface area contributed by atoms with Crippen LogP contribution in [0.3, 0.4) is 0 Å². The van der Waals surface area contributed by atoms with E-state index in [2.05, 4.69) is 9.72 Å². The number of alkyl halides is 3. The molecule has 1 saturated carbocycles. The number of carbonyl (C=O) groups excluding carboxylic acids is 2. The van der Waals surface area contributed by atoms with Gasteiger partial charge in [-0.05, 0) is 61.2 Å². The van der Waals surface area contributed by atoms with Gasteiger partial charge in [0.2, 0.25) is 0 Å². The third kappa shape index (κ3) is 3.52. The van der Waals surface area contributed by atoms with Crippen molar-refractivity contribution in [3.05, 3.63) is 53.9 Å². The number of halogens is 3. The average Bonchev–Trinajstić information content (AvgIpc) is 3.45. The van der Waals surface area contributed by atoms with Crippen LogP contribution in [-0.4, -0.2) is 33.7 Å². The van der Waals surface area contributed by atoms with Crippen LogP contribution in [0.25, 0.3) is 0 Å². The summed E-state index contributed by atoms with van der Waals surface area (Å²) >= 11 is 0. The highest BCUT2D eigenvalue weighted by Gasteiger charge is 2.65. The highest BCUT2D eigenvalue weighted by atomic mass is 19.4. The first-order valence-electron chi connectivity index (χ1n) is 9.19. The van der Waals surface area contributed by atoms with Gasteiger partial charge in [-0.15, -0.1) is 13.2 Å². The number of aromatic nitrogens is 1. The van der Waals surface area contributed by atoms with E-state index < -0.39 is 23.7 Å². The Morgan fingerprint density at radius 2 is 1.83 bits per heavy atom. The Morgan fingerprint density at radius 1 is 1.14 bits per heavy atom. The molecule has 1 aromatic carbocycles. The summed E-state index contributed by atoms with van der Waals surface area (Å²) in [5, 5.41) is 0. The molecule has 0 N–H and O–H groups in total. The lowest BCUT2D eigenvalue weighted by atomic mass is 10.1. The quantitative estimate of drug-likeness (QED) is 0.705. The van der Waals surface area contributed by atoms with Crippen molar-refractivity contribution in [2.24, 2.45) is 0 Å². The third-order valence-electron chi connectivity index (χ3n) is 5.18. The van der Waals surface area contributed by atoms with Crippen LogP contribution in [0.2, 0.25) is 0 Å². The van der Waals surface area contributed by atoms with Crippen LogP contribution in [0.15, 0.2) is 42.6 Å². The Kier molecular flexibility index (Phi) is 4.48. The summed E-state index contributed by atoms with van der Waals surface area (Å²) in [7, 11) is 0. The summed E-state index contributed by atoms with van der Waals surface area (Å²) in [5.74, 6) is -0.765. The number of pyridine rings is 1. The Morgan fingerprint density at radius 3 is 2.41 bits per heavy atom. The summed E-state index contributed by atoms with van der Waals surface area (Å²) < 4.78 is 40.9. The molecule has 4 rings (SSSR count). The number of anilines is 1. The molecule has 0 radical (unpaired) electrons. The number of ether oxygens (including phenoxy) is 1. The van der Waals surface area contributed by atoms with E-state index in [4.69, 9.17) is 0 Å². The third-order valence-corrected chi connectivity index (χ3v) is 5.18. The number of nitrogens with zero attached hydrogens (tertiary/aromatic N) is 3. The zero-order valence-corrected chi connectivity index (χ0v) is 15.6. The zero-order chi connectivity index (χ0) is 20.8. The predicted octanol–water partition coefficient (Wildman–Crippen LogP) is 4.04. The molecule has 152 valence electrons. The maximum absolute atomic E-state index is 13.0. The Balaban J connectivity index is 1.58. The van der Waals surface area contributed by atoms with Crippen molar-refractivity contribution in [1.82, 2.24) is 9.88 Å². The Labute approximate surface area is 164 Å². The highest BCUT2D eigenvalue weighted by Crippen LogP contribution is 2.49. The van der Waals surface area contributed by atoms with Gasteiger partial charge in [0.15, 0.2) is 0 Å². The number of carbonyl (C=O) groups is 2. The number of imide groups is 1. The van der Waals surface area contributed by atoms with Gasteiger partial charge in [0.1, 0.15) is 11.3 Å². The second kappa shape index (κ2) is 6.75. The first-order valence-corrected chi connectivity index (χ1v) is 9.19. The molecule has 2 fully saturated rings. The summed E-state index contributed by atoms with van der Waals surface area (Å²) in [6.45, 7) is 2.25. The van der Waals surface area contributed by atoms with Gasteiger partial charge < -0.3 is 9.64 Å². The molecule has 29 heavy (non-hydrogen) atoms. The lowest BCUT2D eigenvalue weighted by Gasteiger charge is -2.21. The van der Waals surface area contributed by atoms with Gasteiger partial charge >= 0.3 is 12.4 Å². The van der Waals surface area contributed by atoms with Crippen molar-refractivity contribution >= 4 is 17.6 Å². The van der Waals surface area contributed by atoms with E-state index in [1.165, 1.54) is 12.1 Å². The predicted molar refractivity (Wildman–Crippen MR) is 97.1 cm³/mol. The van der Waals surface area contributed by atoms with Crippen molar-refractivity contribution in [3.8, 4) is 5.75 Å². The molecule has 3 amide bonds. The largest absolute Gasteiger partial charge is 0.573 e. The lowest BCUT2D eigenvalue weighted by Crippen LogP contribution is -2.36. The maximum atomic E-state index is 13.0. The molecule has 1 saturated heterocycles. The molecule has 2 aliphatic rings. The fourth-order valence-corrected chi connectivity index (χ4v) is 3.56. The molecule has 2 aromatic rings. The van der Waals surface area contributed by atoms with E-state index in [0.717, 1.165) is 34.7 Å². The number of rotatable bonds is 5. The lowest BCUT2D eigenvalue weighted by molar-refractivity contribution is -0.274. The van der Waals surface area contributed by atoms with Gasteiger partial charge in [0.25, 0.3) is 5.91 Å². The first kappa shape index (κ1) is 19.2. The summed E-state index contributed by atoms with van der Waals surface area (Å²) in [4.78, 5) is 32.8. The van der Waals surface area contributed by atoms with Crippen LogP contribution in [0, 0.1) is 0 Å². The van der Waals surface area contributed by atoms with E-state index in [1.54, 1.807) is 17.2 Å². The van der Waals surface area contributed by atoms with Gasteiger partial charge in [-0.1, -0.05) is 6.92 Å². The number of amides is 3. The fourth-order valence-electron chi connectivity index (χ4n) is 3.56. The summed E-state index contributed by atoms with van der Waals surface area (Å²) in [6, 6.07) is 7.95. The van der Waals surface area contributed by atoms with Crippen molar-refractivity contribution in [3.63, 3.8) is 0 Å². The molecule has 1 spiro atoms. The van der Waals surface area contributed by atoms with Crippen LogP contribution in [0.4, 0.5) is 23.7 Å². The molecule has 1 aromatic heterocycles. The minimum atomic E-state index is -4.81. The van der Waals surface area contributed by atoms with Crippen LogP contribution in [0.5, 0.6) is 5.75 Å². The summed E-state index contributed by atoms with van der Waals surface area (Å²) in [6.07, 6.45) is -1.25. The number of benzene rings is 1. The molecule has 1 aliphatic heterocycles. The second-order valence-corrected chi connectivity index (χ2v) is 7.09. The monoisotopic (exact) mass is 405 g/mol. The molecular weight excluding hydrogens is 387 g/mol. The van der Waals surface area contributed by atoms with Crippen LogP contribution in [-0.2, 0) is 17.8 Å². The van der Waals surface area contributed by atoms with Crippen LogP contribution < -0.4 is 9.64 Å². The smallest absolute Gasteiger partial charge is 0.406 e. The number of urea groups is 1. The Bertz CT molecular complexity index is 955. The van der Waals surface area contributed by atoms with E-state index in [1.807, 2.05) is 13.0 Å². The molecule has 1 aliphatic carbocycles. The molecule has 0 bridgehead atoms. The molecule has 9 heteroatoms. The van der Waals surface area contributed by atoms with Gasteiger partial charge in [0, 0.05) is 18.4 Å². The first-order chi connectivity index (χ1) is 13.7. The van der Waals surface area contributed by atoms with Crippen molar-refractivity contribution in [2.45, 2.75) is 44.6 Å². The van der Waals surface area contributed by atoms with Gasteiger partial charge in [-0.3, -0.25) is 9.78 Å². The molecule has 2 heterocycles. The number of hydrogen-bond acceptors (Lipinski definition) is 4. The van der Waals surface area contributed by atoms with Crippen molar-refractivity contribution in [1.29, 1.82) is 0 Å². The maximum Gasteiger partial charge on any atom is 0.573 e. The Hall–Kier alpha value is -3.10. The van der Waals surface area contributed by atoms with Gasteiger partial charge in [0.05, 0.1) is 5.69 Å². The van der Waals surface area contributed by atoms with E-state index in [9.17, 15) is 22.8 Å². The second-order valence-electron chi connectivity index (χ2n) is 7.09. The average molecular weight is 405 g/mol.